The highest BCUT2D eigenvalue weighted by atomic mass is 32.2. The Balaban J connectivity index is 1.74. The number of rotatable bonds is 6. The molecule has 1 aliphatic heterocycles. The van der Waals surface area contributed by atoms with Crippen LogP contribution < -0.4 is 4.74 Å². The maximum atomic E-state index is 12.1. The smallest absolute Gasteiger partial charge is 0.275 e. The van der Waals surface area contributed by atoms with Crippen molar-refractivity contribution in [2.45, 2.75) is 30.5 Å². The van der Waals surface area contributed by atoms with Gasteiger partial charge in [-0.25, -0.2) is 12.7 Å². The molecule has 0 bridgehead atoms. The summed E-state index contributed by atoms with van der Waals surface area (Å²) in [4.78, 5) is 2.33. The van der Waals surface area contributed by atoms with Crippen LogP contribution in [0.25, 0.3) is 0 Å². The first-order chi connectivity index (χ1) is 11.9. The maximum Gasteiger partial charge on any atom is 0.275 e. The van der Waals surface area contributed by atoms with Crippen molar-refractivity contribution in [1.29, 1.82) is 0 Å². The van der Waals surface area contributed by atoms with Crippen molar-refractivity contribution >= 4 is 10.0 Å². The van der Waals surface area contributed by atoms with Gasteiger partial charge in [0.1, 0.15) is 11.5 Å². The molecule has 1 aliphatic rings. The Morgan fingerprint density at radius 1 is 1.20 bits per heavy atom. The summed E-state index contributed by atoms with van der Waals surface area (Å²) in [6, 6.07) is 11.7. The van der Waals surface area contributed by atoms with Crippen LogP contribution in [0.4, 0.5) is 0 Å². The van der Waals surface area contributed by atoms with E-state index in [4.69, 9.17) is 9.15 Å². The molecule has 3 rings (SSSR count). The average molecular weight is 364 g/mol. The summed E-state index contributed by atoms with van der Waals surface area (Å²) in [5, 5.41) is -0.00676. The summed E-state index contributed by atoms with van der Waals surface area (Å²) in [6.45, 7) is 1.56. The molecular formula is C18H24N2O4S. The van der Waals surface area contributed by atoms with Gasteiger partial charge in [0.05, 0.1) is 13.7 Å². The molecule has 7 heteroatoms. The van der Waals surface area contributed by atoms with E-state index in [0.717, 1.165) is 29.4 Å². The third-order valence-electron chi connectivity index (χ3n) is 4.60. The molecule has 1 unspecified atom stereocenters. The van der Waals surface area contributed by atoms with Crippen LogP contribution in [0.2, 0.25) is 0 Å². The lowest BCUT2D eigenvalue weighted by Gasteiger charge is -2.24. The zero-order valence-electron chi connectivity index (χ0n) is 14.8. The number of furan rings is 1. The molecule has 0 amide bonds. The van der Waals surface area contributed by atoms with Crippen LogP contribution in [0, 0.1) is 0 Å². The SMILES string of the molecule is COc1ccc(C2CCCN2Cc2ccc(S(=O)(=O)N(C)C)o2)cc1. The molecule has 0 aliphatic carbocycles. The van der Waals surface area contributed by atoms with E-state index in [1.165, 1.54) is 25.7 Å². The summed E-state index contributed by atoms with van der Waals surface area (Å²) < 4.78 is 36.2. The molecule has 1 saturated heterocycles. The molecular weight excluding hydrogens is 340 g/mol. The first-order valence-corrected chi connectivity index (χ1v) is 9.75. The predicted octanol–water partition coefficient (Wildman–Crippen LogP) is 2.88. The lowest BCUT2D eigenvalue weighted by atomic mass is 10.0. The van der Waals surface area contributed by atoms with E-state index in [1.807, 2.05) is 12.1 Å². The fourth-order valence-electron chi connectivity index (χ4n) is 3.18. The van der Waals surface area contributed by atoms with Gasteiger partial charge in [-0.1, -0.05) is 12.1 Å². The number of benzene rings is 1. The standard InChI is InChI=1S/C18H24N2O4S/c1-19(2)25(21,22)18-11-10-16(24-18)13-20-12-4-5-17(20)14-6-8-15(23-3)9-7-14/h6-11,17H,4-5,12-13H2,1-3H3. The van der Waals surface area contributed by atoms with Crippen molar-refractivity contribution in [3.8, 4) is 5.75 Å². The monoisotopic (exact) mass is 364 g/mol. The quantitative estimate of drug-likeness (QED) is 0.789. The molecule has 136 valence electrons. The van der Waals surface area contributed by atoms with Gasteiger partial charge in [0.25, 0.3) is 10.0 Å². The summed E-state index contributed by atoms with van der Waals surface area (Å²) in [5.41, 5.74) is 1.24. The van der Waals surface area contributed by atoms with Gasteiger partial charge >= 0.3 is 0 Å². The number of hydrogen-bond donors (Lipinski definition) is 0. The highest BCUT2D eigenvalue weighted by Gasteiger charge is 2.28. The van der Waals surface area contributed by atoms with Gasteiger partial charge in [-0.05, 0) is 49.2 Å². The highest BCUT2D eigenvalue weighted by molar-refractivity contribution is 7.88. The van der Waals surface area contributed by atoms with Crippen molar-refractivity contribution in [2.24, 2.45) is 0 Å². The molecule has 25 heavy (non-hydrogen) atoms. The second kappa shape index (κ2) is 7.19. The minimum absolute atomic E-state index is 0.00676. The minimum atomic E-state index is -3.53. The van der Waals surface area contributed by atoms with Crippen LogP contribution in [-0.4, -0.2) is 45.4 Å². The fourth-order valence-corrected chi connectivity index (χ4v) is 3.99. The van der Waals surface area contributed by atoms with Crippen LogP contribution >= 0.6 is 0 Å². The lowest BCUT2D eigenvalue weighted by Crippen LogP contribution is -2.23. The summed E-state index contributed by atoms with van der Waals surface area (Å²) in [5.74, 6) is 1.51. The zero-order valence-corrected chi connectivity index (χ0v) is 15.6. The van der Waals surface area contributed by atoms with Gasteiger partial charge in [-0.2, -0.15) is 0 Å². The largest absolute Gasteiger partial charge is 0.497 e. The van der Waals surface area contributed by atoms with Crippen LogP contribution in [0.3, 0.4) is 0 Å². The van der Waals surface area contributed by atoms with E-state index in [-0.39, 0.29) is 5.09 Å². The normalized spacial score (nSPS) is 18.8. The Kier molecular flexibility index (Phi) is 5.17. The van der Waals surface area contributed by atoms with Gasteiger partial charge in [0.15, 0.2) is 0 Å². The molecule has 6 nitrogen and oxygen atoms in total. The van der Waals surface area contributed by atoms with Crippen LogP contribution in [0.15, 0.2) is 45.9 Å². The van der Waals surface area contributed by atoms with Crippen LogP contribution in [-0.2, 0) is 16.6 Å². The van der Waals surface area contributed by atoms with E-state index < -0.39 is 10.0 Å². The Bertz CT molecular complexity index is 812. The number of hydrogen-bond acceptors (Lipinski definition) is 5. The van der Waals surface area contributed by atoms with E-state index in [2.05, 4.69) is 17.0 Å². The van der Waals surface area contributed by atoms with Gasteiger partial charge in [-0.15, -0.1) is 0 Å². The second-order valence-corrected chi connectivity index (χ2v) is 8.49. The first kappa shape index (κ1) is 18.0. The van der Waals surface area contributed by atoms with Crippen molar-refractivity contribution < 1.29 is 17.6 Å². The Hall–Kier alpha value is -1.83. The van der Waals surface area contributed by atoms with E-state index in [0.29, 0.717) is 18.3 Å². The van der Waals surface area contributed by atoms with Crippen molar-refractivity contribution in [1.82, 2.24) is 9.21 Å². The van der Waals surface area contributed by atoms with E-state index in [9.17, 15) is 8.42 Å². The molecule has 2 aromatic rings. The molecule has 0 saturated carbocycles. The van der Waals surface area contributed by atoms with Crippen LogP contribution in [0.5, 0.6) is 5.75 Å². The Morgan fingerprint density at radius 3 is 2.56 bits per heavy atom. The van der Waals surface area contributed by atoms with Gasteiger partial charge < -0.3 is 9.15 Å². The first-order valence-electron chi connectivity index (χ1n) is 8.31. The van der Waals surface area contributed by atoms with E-state index in [1.54, 1.807) is 13.2 Å². The number of nitrogens with zero attached hydrogens (tertiary/aromatic N) is 2. The second-order valence-electron chi connectivity index (χ2n) is 6.41. The minimum Gasteiger partial charge on any atom is -0.497 e. The van der Waals surface area contributed by atoms with E-state index >= 15 is 0 Å². The van der Waals surface area contributed by atoms with Crippen molar-refractivity contribution in [2.75, 3.05) is 27.7 Å². The third-order valence-corrected chi connectivity index (χ3v) is 6.28. The number of sulfonamides is 1. The summed E-state index contributed by atoms with van der Waals surface area (Å²) in [7, 11) is 1.13. The lowest BCUT2D eigenvalue weighted by molar-refractivity contribution is 0.221. The molecule has 0 radical (unpaired) electrons. The molecule has 0 N–H and O–H groups in total. The number of likely N-dealkylation sites (tertiary alicyclic amines) is 1. The maximum absolute atomic E-state index is 12.1. The summed E-state index contributed by atoms with van der Waals surface area (Å²) in [6.07, 6.45) is 2.19. The molecule has 1 atom stereocenters. The molecule has 2 heterocycles. The Labute approximate surface area is 149 Å². The Morgan fingerprint density at radius 2 is 1.92 bits per heavy atom. The van der Waals surface area contributed by atoms with Crippen molar-refractivity contribution in [3.05, 3.63) is 47.7 Å². The molecule has 1 aromatic carbocycles. The molecule has 1 fully saturated rings. The fraction of sp³-hybridized carbons (Fsp3) is 0.444. The topological polar surface area (TPSA) is 63.0 Å². The van der Waals surface area contributed by atoms with Gasteiger partial charge in [0, 0.05) is 20.1 Å². The third kappa shape index (κ3) is 3.73. The zero-order chi connectivity index (χ0) is 18.0. The number of ether oxygens (including phenoxy) is 1. The highest BCUT2D eigenvalue weighted by Crippen LogP contribution is 2.34. The average Bonchev–Trinajstić information content (AvgIpc) is 3.25. The molecule has 1 aromatic heterocycles. The van der Waals surface area contributed by atoms with Crippen LogP contribution in [0.1, 0.15) is 30.2 Å². The molecule has 0 spiro atoms. The predicted molar refractivity (Wildman–Crippen MR) is 95.0 cm³/mol. The van der Waals surface area contributed by atoms with Gasteiger partial charge in [0.2, 0.25) is 5.09 Å². The summed E-state index contributed by atoms with van der Waals surface area (Å²) >= 11 is 0. The number of methoxy groups -OCH3 is 1. The van der Waals surface area contributed by atoms with Crippen molar-refractivity contribution in [3.63, 3.8) is 0 Å². The van der Waals surface area contributed by atoms with Gasteiger partial charge in [-0.3, -0.25) is 4.90 Å².